The van der Waals surface area contributed by atoms with E-state index in [0.717, 1.165) is 12.8 Å². The Morgan fingerprint density at radius 1 is 0.500 bits per heavy atom. The zero-order valence-electron chi connectivity index (χ0n) is 11.3. The standard InChI is InChI=1S/C16H24Te2/c1-2-4-6-9-13-17-15-11-8-12-16-18-14-10-7-5-3-1/h1-8,11-12,15-16H2. The Morgan fingerprint density at radius 2 is 0.944 bits per heavy atom. The third kappa shape index (κ3) is 11.8. The summed E-state index contributed by atoms with van der Waals surface area (Å²) in [6.07, 6.45) is 13.3. The molecule has 1 rings (SSSR count). The van der Waals surface area contributed by atoms with Gasteiger partial charge in [0.25, 0.3) is 0 Å². The van der Waals surface area contributed by atoms with Crippen molar-refractivity contribution in [3.63, 3.8) is 0 Å². The van der Waals surface area contributed by atoms with Crippen molar-refractivity contribution >= 4 is 41.8 Å². The molecule has 0 bridgehead atoms. The molecular formula is C16H24Te2. The van der Waals surface area contributed by atoms with Gasteiger partial charge in [-0.05, 0) is 0 Å². The van der Waals surface area contributed by atoms with Crippen LogP contribution in [0.1, 0.15) is 64.2 Å². The predicted octanol–water partition coefficient (Wildman–Crippen LogP) is 4.07. The average Bonchev–Trinajstić information content (AvgIpc) is 2.39. The second kappa shape index (κ2) is 14.1. The van der Waals surface area contributed by atoms with Gasteiger partial charge in [-0.25, -0.2) is 0 Å². The molecule has 0 fully saturated rings. The Kier molecular flexibility index (Phi) is 13.1. The van der Waals surface area contributed by atoms with Crippen molar-refractivity contribution < 1.29 is 0 Å². The molecule has 0 aromatic carbocycles. The molecule has 2 heteroatoms. The molecule has 0 N–H and O–H groups in total. The molecule has 1 heterocycles. The number of rotatable bonds is 0. The van der Waals surface area contributed by atoms with Crippen LogP contribution < -0.4 is 0 Å². The van der Waals surface area contributed by atoms with Crippen LogP contribution in [0.25, 0.3) is 0 Å². The summed E-state index contributed by atoms with van der Waals surface area (Å²) >= 11 is 0.0699. The van der Waals surface area contributed by atoms with Crippen LogP contribution in [0.2, 0.25) is 8.94 Å². The first-order valence-electron chi connectivity index (χ1n) is 7.19. The Hall–Kier alpha value is 0.699. The Morgan fingerprint density at radius 3 is 1.50 bits per heavy atom. The summed E-state index contributed by atoms with van der Waals surface area (Å²) in [5, 5.41) is 0. The van der Waals surface area contributed by atoms with Crippen molar-refractivity contribution in [2.24, 2.45) is 0 Å². The monoisotopic (exact) mass is 476 g/mol. The second-order valence-corrected chi connectivity index (χ2v) is 9.73. The average molecular weight is 472 g/mol. The van der Waals surface area contributed by atoms with Crippen molar-refractivity contribution in [2.45, 2.75) is 73.1 Å². The van der Waals surface area contributed by atoms with Gasteiger partial charge in [-0.1, -0.05) is 0 Å². The van der Waals surface area contributed by atoms with Crippen LogP contribution in [-0.4, -0.2) is 41.8 Å². The van der Waals surface area contributed by atoms with Crippen LogP contribution in [0.5, 0.6) is 0 Å². The molecule has 0 radical (unpaired) electrons. The Labute approximate surface area is 134 Å². The van der Waals surface area contributed by atoms with Crippen LogP contribution in [0.4, 0.5) is 0 Å². The van der Waals surface area contributed by atoms with Gasteiger partial charge in [0.15, 0.2) is 0 Å². The summed E-state index contributed by atoms with van der Waals surface area (Å²) in [6.45, 7) is 0. The minimum atomic E-state index is 0.0350. The third-order valence-corrected chi connectivity index (χ3v) is 7.35. The molecule has 0 amide bonds. The molecule has 0 spiro atoms. The Bertz CT molecular complexity index is 245. The predicted molar refractivity (Wildman–Crippen MR) is 82.8 cm³/mol. The van der Waals surface area contributed by atoms with Crippen molar-refractivity contribution in [2.75, 3.05) is 0 Å². The van der Waals surface area contributed by atoms with E-state index in [1.165, 1.54) is 60.3 Å². The number of hydrogen-bond acceptors (Lipinski definition) is 0. The topological polar surface area (TPSA) is 0 Å². The van der Waals surface area contributed by atoms with Gasteiger partial charge >= 0.3 is 135 Å². The summed E-state index contributed by atoms with van der Waals surface area (Å²) in [7, 11) is 0. The molecule has 0 aliphatic carbocycles. The first-order valence-corrected chi connectivity index (χ1v) is 12.8. The van der Waals surface area contributed by atoms with Crippen molar-refractivity contribution in [1.82, 2.24) is 0 Å². The van der Waals surface area contributed by atoms with E-state index in [1.807, 2.05) is 0 Å². The van der Waals surface area contributed by atoms with E-state index in [2.05, 4.69) is 19.8 Å². The van der Waals surface area contributed by atoms with Gasteiger partial charge in [-0.3, -0.25) is 0 Å². The van der Waals surface area contributed by atoms with E-state index in [9.17, 15) is 0 Å². The maximum atomic E-state index is 3.46. The van der Waals surface area contributed by atoms with Crippen LogP contribution in [0, 0.1) is 19.8 Å². The maximum absolute atomic E-state index is 3.46. The van der Waals surface area contributed by atoms with Crippen LogP contribution in [-0.2, 0) is 0 Å². The van der Waals surface area contributed by atoms with Crippen LogP contribution in [0.3, 0.4) is 0 Å². The fourth-order valence-electron chi connectivity index (χ4n) is 1.79. The molecule has 0 unspecified atom stereocenters. The van der Waals surface area contributed by atoms with Gasteiger partial charge in [0.05, 0.1) is 0 Å². The normalized spacial score (nSPS) is 20.4. The summed E-state index contributed by atoms with van der Waals surface area (Å²) < 4.78 is 9.78. The Balaban J connectivity index is 2.16. The zero-order valence-corrected chi connectivity index (χ0v) is 16.0. The first kappa shape index (κ1) is 16.8. The molecule has 1 aliphatic heterocycles. The van der Waals surface area contributed by atoms with E-state index < -0.39 is 0 Å². The number of hydrogen-bond donors (Lipinski definition) is 0. The van der Waals surface area contributed by atoms with Crippen LogP contribution >= 0.6 is 0 Å². The van der Waals surface area contributed by atoms with Gasteiger partial charge < -0.3 is 0 Å². The summed E-state index contributed by atoms with van der Waals surface area (Å²) in [5.41, 5.74) is 0. The first-order chi connectivity index (χ1) is 9.00. The third-order valence-electron chi connectivity index (χ3n) is 2.89. The molecule has 0 aromatic heterocycles. The molecule has 0 aromatic rings. The summed E-state index contributed by atoms with van der Waals surface area (Å²) in [6, 6.07) is 0. The SMILES string of the molecule is C1#C[Te]CCCCC[Te]C#CCCCCCCC1. The van der Waals surface area contributed by atoms with E-state index in [-0.39, 0.29) is 41.8 Å². The zero-order chi connectivity index (χ0) is 12.7. The van der Waals surface area contributed by atoms with E-state index in [0.29, 0.717) is 0 Å². The van der Waals surface area contributed by atoms with Crippen molar-refractivity contribution in [3.05, 3.63) is 0 Å². The fourth-order valence-corrected chi connectivity index (χ4v) is 5.53. The molecular weight excluding hydrogens is 447 g/mol. The summed E-state index contributed by atoms with van der Waals surface area (Å²) in [4.78, 5) is 0. The van der Waals surface area contributed by atoms with E-state index >= 15 is 0 Å². The molecule has 0 atom stereocenters. The summed E-state index contributed by atoms with van der Waals surface area (Å²) in [5.74, 6) is 6.76. The molecule has 100 valence electrons. The van der Waals surface area contributed by atoms with Gasteiger partial charge in [-0.2, -0.15) is 0 Å². The second-order valence-electron chi connectivity index (χ2n) is 4.58. The molecule has 1 aliphatic rings. The van der Waals surface area contributed by atoms with E-state index in [4.69, 9.17) is 0 Å². The molecule has 0 nitrogen and oxygen atoms in total. The van der Waals surface area contributed by atoms with Gasteiger partial charge in [0.1, 0.15) is 0 Å². The molecule has 0 saturated heterocycles. The van der Waals surface area contributed by atoms with Gasteiger partial charge in [0.2, 0.25) is 0 Å². The fraction of sp³-hybridized carbons (Fsp3) is 0.750. The van der Waals surface area contributed by atoms with E-state index in [1.54, 1.807) is 0 Å². The van der Waals surface area contributed by atoms with Crippen molar-refractivity contribution in [3.8, 4) is 19.8 Å². The molecule has 18 heavy (non-hydrogen) atoms. The van der Waals surface area contributed by atoms with Gasteiger partial charge in [0, 0.05) is 0 Å². The van der Waals surface area contributed by atoms with Crippen LogP contribution in [0.15, 0.2) is 0 Å². The van der Waals surface area contributed by atoms with Crippen molar-refractivity contribution in [1.29, 1.82) is 0 Å². The minimum absolute atomic E-state index is 0.0350. The van der Waals surface area contributed by atoms with Gasteiger partial charge in [-0.15, -0.1) is 0 Å². The molecule has 0 saturated carbocycles. The quantitative estimate of drug-likeness (QED) is 0.369.